The van der Waals surface area contributed by atoms with E-state index in [4.69, 9.17) is 4.74 Å². The second kappa shape index (κ2) is 6.91. The number of ketones is 1. The van der Waals surface area contributed by atoms with Crippen LogP contribution in [0.15, 0.2) is 65.1 Å². The number of sulfonamides is 1. The fraction of sp³-hybridized carbons (Fsp3) is 0.261. The molecule has 2 atom stereocenters. The first-order chi connectivity index (χ1) is 14.4. The summed E-state index contributed by atoms with van der Waals surface area (Å²) >= 11 is 0. The number of nitrogens with zero attached hydrogens (tertiary/aromatic N) is 1. The molecule has 2 unspecified atom stereocenters. The van der Waals surface area contributed by atoms with E-state index in [1.807, 2.05) is 31.2 Å². The van der Waals surface area contributed by atoms with Gasteiger partial charge in [0.25, 0.3) is 0 Å². The molecule has 2 bridgehead atoms. The van der Waals surface area contributed by atoms with E-state index in [2.05, 4.69) is 4.98 Å². The Morgan fingerprint density at radius 2 is 1.87 bits per heavy atom. The zero-order valence-electron chi connectivity index (χ0n) is 16.8. The summed E-state index contributed by atoms with van der Waals surface area (Å²) < 4.78 is 33.9. The number of hydrogen-bond donors (Lipinski definition) is 1. The van der Waals surface area contributed by atoms with Gasteiger partial charge in [-0.25, -0.2) is 8.42 Å². The van der Waals surface area contributed by atoms with E-state index in [1.165, 1.54) is 11.4 Å². The zero-order valence-corrected chi connectivity index (χ0v) is 17.6. The van der Waals surface area contributed by atoms with Gasteiger partial charge in [0.1, 0.15) is 0 Å². The van der Waals surface area contributed by atoms with Crippen molar-refractivity contribution in [2.24, 2.45) is 0 Å². The molecule has 3 heterocycles. The molecule has 2 aromatic carbocycles. The summed E-state index contributed by atoms with van der Waals surface area (Å²) in [4.78, 5) is 16.9. The third-order valence-electron chi connectivity index (χ3n) is 6.00. The summed E-state index contributed by atoms with van der Waals surface area (Å²) in [6, 6.07) is 13.3. The molecule has 0 amide bonds. The summed E-state index contributed by atoms with van der Waals surface area (Å²) in [7, 11) is -2.35. The third-order valence-corrected chi connectivity index (χ3v) is 7.90. The van der Waals surface area contributed by atoms with Crippen LogP contribution in [0.4, 0.5) is 0 Å². The molecule has 1 aromatic heterocycles. The Morgan fingerprint density at radius 3 is 2.60 bits per heavy atom. The van der Waals surface area contributed by atoms with Crippen LogP contribution in [0.1, 0.15) is 22.9 Å². The predicted octanol–water partition coefficient (Wildman–Crippen LogP) is 3.29. The van der Waals surface area contributed by atoms with Crippen LogP contribution >= 0.6 is 0 Å². The van der Waals surface area contributed by atoms with Crippen LogP contribution in [0.5, 0.6) is 0 Å². The quantitative estimate of drug-likeness (QED) is 0.700. The van der Waals surface area contributed by atoms with Gasteiger partial charge in [0.2, 0.25) is 10.0 Å². The lowest BCUT2D eigenvalue weighted by Gasteiger charge is -2.42. The number of aryl methyl sites for hydroxylation is 1. The normalized spacial score (nSPS) is 21.5. The molecule has 7 heteroatoms. The summed E-state index contributed by atoms with van der Waals surface area (Å²) in [6.45, 7) is 2.08. The minimum absolute atomic E-state index is 0.166. The average molecular weight is 423 g/mol. The van der Waals surface area contributed by atoms with Crippen molar-refractivity contribution in [3.05, 3.63) is 77.0 Å². The number of Topliss-reactive ketones (excluding diaryl/α,β-unsaturated/α-hetero) is 1. The third kappa shape index (κ3) is 2.77. The first kappa shape index (κ1) is 19.2. The van der Waals surface area contributed by atoms with Gasteiger partial charge in [-0.15, -0.1) is 0 Å². The monoisotopic (exact) mass is 422 g/mol. The highest BCUT2D eigenvalue weighted by molar-refractivity contribution is 7.89. The lowest BCUT2D eigenvalue weighted by Crippen LogP contribution is -2.53. The number of para-hydroxylation sites is 1. The molecular weight excluding hydrogens is 400 g/mol. The van der Waals surface area contributed by atoms with Crippen molar-refractivity contribution in [1.29, 1.82) is 0 Å². The van der Waals surface area contributed by atoms with Crippen LogP contribution in [0.2, 0.25) is 0 Å². The first-order valence-electron chi connectivity index (χ1n) is 9.85. The van der Waals surface area contributed by atoms with Crippen molar-refractivity contribution >= 4 is 26.7 Å². The number of rotatable bonds is 4. The van der Waals surface area contributed by atoms with Gasteiger partial charge >= 0.3 is 0 Å². The summed E-state index contributed by atoms with van der Waals surface area (Å²) in [6.07, 6.45) is 2.07. The topological polar surface area (TPSA) is 79.5 Å². The van der Waals surface area contributed by atoms with E-state index in [9.17, 15) is 13.2 Å². The van der Waals surface area contributed by atoms with E-state index in [0.29, 0.717) is 12.0 Å². The molecule has 1 N–H and O–H groups in total. The maximum absolute atomic E-state index is 13.6. The van der Waals surface area contributed by atoms with Gasteiger partial charge in [-0.2, -0.15) is 4.31 Å². The zero-order chi connectivity index (χ0) is 21.0. The SMILES string of the molecule is COCC1=CC2c3[nH]c4ccccc4c3CC(C1=O)N2S(=O)(=O)c1ccc(C)cc1. The van der Waals surface area contributed by atoms with E-state index in [-0.39, 0.29) is 17.3 Å². The van der Waals surface area contributed by atoms with E-state index < -0.39 is 22.1 Å². The highest BCUT2D eigenvalue weighted by Gasteiger charge is 2.49. The van der Waals surface area contributed by atoms with Crippen molar-refractivity contribution in [3.63, 3.8) is 0 Å². The number of fused-ring (bicyclic) bond motifs is 6. The predicted molar refractivity (Wildman–Crippen MR) is 114 cm³/mol. The molecule has 6 nitrogen and oxygen atoms in total. The highest BCUT2D eigenvalue weighted by atomic mass is 32.2. The maximum Gasteiger partial charge on any atom is 0.244 e. The number of benzene rings is 2. The average Bonchev–Trinajstić information content (AvgIpc) is 3.10. The molecule has 0 radical (unpaired) electrons. The first-order valence-corrected chi connectivity index (χ1v) is 11.3. The molecular formula is C23H22N2O4S. The number of carbonyl (C=O) groups is 1. The second-order valence-corrected chi connectivity index (χ2v) is 9.71. The Morgan fingerprint density at radius 1 is 1.13 bits per heavy atom. The van der Waals surface area contributed by atoms with Crippen LogP contribution in [-0.4, -0.2) is 43.2 Å². The van der Waals surface area contributed by atoms with Crippen LogP contribution in [0.3, 0.4) is 0 Å². The number of aromatic nitrogens is 1. The number of nitrogens with one attached hydrogen (secondary N) is 1. The van der Waals surface area contributed by atoms with E-state index in [0.717, 1.165) is 27.7 Å². The molecule has 0 aliphatic carbocycles. The molecule has 0 saturated carbocycles. The van der Waals surface area contributed by atoms with Crippen LogP contribution in [0.25, 0.3) is 10.9 Å². The number of hydrogen-bond acceptors (Lipinski definition) is 4. The molecule has 154 valence electrons. The van der Waals surface area contributed by atoms with Gasteiger partial charge in [-0.05, 0) is 37.1 Å². The second-order valence-electron chi connectivity index (χ2n) is 7.86. The largest absolute Gasteiger partial charge is 0.380 e. The Bertz CT molecular complexity index is 1290. The van der Waals surface area contributed by atoms with Gasteiger partial charge in [0, 0.05) is 29.3 Å². The summed E-state index contributed by atoms with van der Waals surface area (Å²) in [5, 5.41) is 1.03. The summed E-state index contributed by atoms with van der Waals surface area (Å²) in [5.74, 6) is -0.195. The molecule has 3 aromatic rings. The fourth-order valence-electron chi connectivity index (χ4n) is 4.57. The van der Waals surface area contributed by atoms with Crippen molar-refractivity contribution in [3.8, 4) is 0 Å². The fourth-order valence-corrected chi connectivity index (χ4v) is 6.27. The number of carbonyl (C=O) groups excluding carboxylic acids is 1. The standard InChI is InChI=1S/C23H22N2O4S/c1-14-7-9-16(10-8-14)30(27,28)25-20-11-15(13-29-2)23(26)21(25)12-18-17-5-3-4-6-19(17)24-22(18)20/h3-11,20-21,24H,12-13H2,1-2H3. The van der Waals surface area contributed by atoms with E-state index in [1.54, 1.807) is 30.3 Å². The van der Waals surface area contributed by atoms with Gasteiger partial charge in [0.05, 0.1) is 23.6 Å². The van der Waals surface area contributed by atoms with Gasteiger partial charge < -0.3 is 9.72 Å². The van der Waals surface area contributed by atoms with Gasteiger partial charge in [-0.1, -0.05) is 42.0 Å². The Hall–Kier alpha value is -2.74. The van der Waals surface area contributed by atoms with Gasteiger partial charge in [0.15, 0.2) is 5.78 Å². The minimum atomic E-state index is -3.88. The minimum Gasteiger partial charge on any atom is -0.380 e. The molecule has 30 heavy (non-hydrogen) atoms. The number of H-pyrrole nitrogens is 1. The summed E-state index contributed by atoms with van der Waals surface area (Å²) in [5.41, 5.74) is 4.27. The van der Waals surface area contributed by atoms with Gasteiger partial charge in [-0.3, -0.25) is 4.79 Å². The van der Waals surface area contributed by atoms with Crippen molar-refractivity contribution in [1.82, 2.24) is 9.29 Å². The molecule has 5 rings (SSSR count). The highest BCUT2D eigenvalue weighted by Crippen LogP contribution is 2.44. The number of methoxy groups -OCH3 is 1. The van der Waals surface area contributed by atoms with Crippen molar-refractivity contribution in [2.45, 2.75) is 30.3 Å². The van der Waals surface area contributed by atoms with Crippen molar-refractivity contribution in [2.75, 3.05) is 13.7 Å². The Labute approximate surface area is 175 Å². The molecule has 2 aliphatic heterocycles. The van der Waals surface area contributed by atoms with E-state index >= 15 is 0 Å². The molecule has 0 spiro atoms. The maximum atomic E-state index is 13.6. The number of ether oxygens (including phenoxy) is 1. The number of aromatic amines is 1. The molecule has 2 aliphatic rings. The smallest absolute Gasteiger partial charge is 0.244 e. The Kier molecular flexibility index (Phi) is 4.43. The lowest BCUT2D eigenvalue weighted by atomic mass is 9.84. The van der Waals surface area contributed by atoms with Crippen LogP contribution < -0.4 is 0 Å². The molecule has 0 fully saturated rings. The van der Waals surface area contributed by atoms with Crippen molar-refractivity contribution < 1.29 is 17.9 Å². The van der Waals surface area contributed by atoms with Crippen LogP contribution in [0, 0.1) is 6.92 Å². The molecule has 0 saturated heterocycles. The van der Waals surface area contributed by atoms with Crippen LogP contribution in [-0.2, 0) is 26.0 Å². The Balaban J connectivity index is 1.72. The lowest BCUT2D eigenvalue weighted by molar-refractivity contribution is -0.121.